The van der Waals surface area contributed by atoms with Crippen molar-refractivity contribution >= 4 is 35.2 Å². The van der Waals surface area contributed by atoms with Gasteiger partial charge in [-0.05, 0) is 37.0 Å². The first-order chi connectivity index (χ1) is 13.4. The Kier molecular flexibility index (Phi) is 8.55. The van der Waals surface area contributed by atoms with Crippen LogP contribution < -0.4 is 0 Å². The van der Waals surface area contributed by atoms with Crippen molar-refractivity contribution in [2.45, 2.75) is 25.7 Å². The van der Waals surface area contributed by atoms with Gasteiger partial charge in [0.05, 0.1) is 16.6 Å². The van der Waals surface area contributed by atoms with Crippen molar-refractivity contribution in [2.24, 2.45) is 0 Å². The fraction of sp³-hybridized carbons (Fsp3) is 0.273. The molecule has 3 rings (SSSR count). The summed E-state index contributed by atoms with van der Waals surface area (Å²) in [4.78, 5) is 24.7. The Morgan fingerprint density at radius 2 is 1.93 bits per heavy atom. The highest BCUT2D eigenvalue weighted by Gasteiger charge is 2.30. The lowest BCUT2D eigenvalue weighted by Crippen LogP contribution is -2.32. The van der Waals surface area contributed by atoms with E-state index in [1.807, 2.05) is 24.3 Å². The smallest absolute Gasteiger partial charge is 0.416 e. The van der Waals surface area contributed by atoms with Crippen molar-refractivity contribution < 1.29 is 14.3 Å². The molecule has 2 aromatic rings. The molecule has 0 aliphatic carbocycles. The molecule has 28 heavy (non-hydrogen) atoms. The van der Waals surface area contributed by atoms with Gasteiger partial charge in [-0.3, -0.25) is 4.79 Å². The second kappa shape index (κ2) is 10.9. The lowest BCUT2D eigenvalue weighted by Gasteiger charge is -2.18. The number of carbonyl (C=O) groups excluding carboxylic acids is 2. The first kappa shape index (κ1) is 22.0. The number of amides is 2. The average molecular weight is 420 g/mol. The van der Waals surface area contributed by atoms with Crippen LogP contribution in [0.3, 0.4) is 0 Å². The summed E-state index contributed by atoms with van der Waals surface area (Å²) in [7, 11) is 0. The van der Waals surface area contributed by atoms with Crippen LogP contribution in [0, 0.1) is 6.92 Å². The van der Waals surface area contributed by atoms with Crippen molar-refractivity contribution in [1.82, 2.24) is 4.90 Å². The quantitative estimate of drug-likeness (QED) is 0.556. The standard InChI is InChI=1S/C15H15Cl2NO3.C7H8/c1-2-3-10(11-4-5-12(16)13(17)8-11)9-14(19)18-6-7-21-15(18)20;1-7-5-3-2-4-6-7/h2,4-5,8,10H,1,3,6-7,9H2;2-6H,1H3. The third-order valence-corrected chi connectivity index (χ3v) is 5.03. The van der Waals surface area contributed by atoms with Gasteiger partial charge >= 0.3 is 6.09 Å². The third-order valence-electron chi connectivity index (χ3n) is 4.29. The van der Waals surface area contributed by atoms with Gasteiger partial charge in [-0.25, -0.2) is 9.69 Å². The molecule has 0 bridgehead atoms. The van der Waals surface area contributed by atoms with E-state index in [2.05, 4.69) is 25.6 Å². The van der Waals surface area contributed by atoms with Crippen LogP contribution in [0.1, 0.15) is 29.9 Å². The molecule has 1 heterocycles. The second-order valence-electron chi connectivity index (χ2n) is 6.41. The zero-order chi connectivity index (χ0) is 20.5. The summed E-state index contributed by atoms with van der Waals surface area (Å²) in [5, 5.41) is 0.906. The van der Waals surface area contributed by atoms with E-state index in [4.69, 9.17) is 27.9 Å². The van der Waals surface area contributed by atoms with Gasteiger partial charge in [-0.1, -0.05) is 71.2 Å². The van der Waals surface area contributed by atoms with Crippen LogP contribution in [0.15, 0.2) is 61.2 Å². The van der Waals surface area contributed by atoms with E-state index in [9.17, 15) is 9.59 Å². The van der Waals surface area contributed by atoms with Gasteiger partial charge < -0.3 is 4.74 Å². The molecule has 2 aromatic carbocycles. The number of halogens is 2. The largest absolute Gasteiger partial charge is 0.447 e. The molecule has 1 aliphatic heterocycles. The molecule has 1 unspecified atom stereocenters. The number of nitrogens with zero attached hydrogens (tertiary/aromatic N) is 1. The molecule has 0 aromatic heterocycles. The molecule has 1 aliphatic rings. The molecular formula is C22H23Cl2NO3. The van der Waals surface area contributed by atoms with Crippen molar-refractivity contribution in [2.75, 3.05) is 13.2 Å². The van der Waals surface area contributed by atoms with Crippen molar-refractivity contribution in [3.63, 3.8) is 0 Å². The number of benzene rings is 2. The van der Waals surface area contributed by atoms with E-state index in [1.54, 1.807) is 18.2 Å². The SMILES string of the molecule is C=CCC(CC(=O)N1CCOC1=O)c1ccc(Cl)c(Cl)c1.Cc1ccccc1. The van der Waals surface area contributed by atoms with Crippen LogP contribution in [0.4, 0.5) is 4.79 Å². The van der Waals surface area contributed by atoms with E-state index in [1.165, 1.54) is 5.56 Å². The van der Waals surface area contributed by atoms with E-state index in [-0.39, 0.29) is 24.9 Å². The summed E-state index contributed by atoms with van der Waals surface area (Å²) in [5.41, 5.74) is 2.22. The van der Waals surface area contributed by atoms with E-state index in [0.29, 0.717) is 23.0 Å². The van der Waals surface area contributed by atoms with Crippen LogP contribution in [0.2, 0.25) is 10.0 Å². The van der Waals surface area contributed by atoms with E-state index in [0.717, 1.165) is 10.5 Å². The highest BCUT2D eigenvalue weighted by Crippen LogP contribution is 2.31. The van der Waals surface area contributed by atoms with Gasteiger partial charge in [-0.2, -0.15) is 0 Å². The van der Waals surface area contributed by atoms with Crippen LogP contribution in [0.5, 0.6) is 0 Å². The van der Waals surface area contributed by atoms with Crippen LogP contribution in [-0.2, 0) is 9.53 Å². The Labute approximate surface area is 175 Å². The maximum Gasteiger partial charge on any atom is 0.416 e. The van der Waals surface area contributed by atoms with Gasteiger partial charge in [0.25, 0.3) is 0 Å². The minimum Gasteiger partial charge on any atom is -0.447 e. The Hall–Kier alpha value is -2.30. The van der Waals surface area contributed by atoms with Crippen molar-refractivity contribution in [1.29, 1.82) is 0 Å². The summed E-state index contributed by atoms with van der Waals surface area (Å²) < 4.78 is 4.78. The Morgan fingerprint density at radius 1 is 1.21 bits per heavy atom. The zero-order valence-corrected chi connectivity index (χ0v) is 17.2. The summed E-state index contributed by atoms with van der Waals surface area (Å²) >= 11 is 11.9. The van der Waals surface area contributed by atoms with Gasteiger partial charge in [0.1, 0.15) is 6.61 Å². The minimum absolute atomic E-state index is 0.0989. The van der Waals surface area contributed by atoms with Crippen LogP contribution in [0.25, 0.3) is 0 Å². The lowest BCUT2D eigenvalue weighted by atomic mass is 9.92. The fourth-order valence-corrected chi connectivity index (χ4v) is 3.09. The third kappa shape index (κ3) is 6.39. The average Bonchev–Trinajstić information content (AvgIpc) is 3.11. The Morgan fingerprint density at radius 3 is 2.43 bits per heavy atom. The maximum atomic E-state index is 12.2. The summed E-state index contributed by atoms with van der Waals surface area (Å²) in [6, 6.07) is 15.5. The normalized spacial score (nSPS) is 14.0. The zero-order valence-electron chi connectivity index (χ0n) is 15.7. The number of rotatable bonds is 5. The number of allylic oxidation sites excluding steroid dienone is 1. The van der Waals surface area contributed by atoms with Crippen molar-refractivity contribution in [3.05, 3.63) is 82.4 Å². The number of hydrogen-bond donors (Lipinski definition) is 0. The molecule has 0 spiro atoms. The molecular weight excluding hydrogens is 397 g/mol. The number of cyclic esters (lactones) is 1. The van der Waals surface area contributed by atoms with Gasteiger partial charge in [0.2, 0.25) is 5.91 Å². The lowest BCUT2D eigenvalue weighted by molar-refractivity contribution is -0.128. The summed E-state index contributed by atoms with van der Waals surface area (Å²) in [5.74, 6) is -0.353. The predicted octanol–water partition coefficient (Wildman–Crippen LogP) is 6.02. The molecule has 4 nitrogen and oxygen atoms in total. The molecule has 1 saturated heterocycles. The van der Waals surface area contributed by atoms with Gasteiger partial charge in [0, 0.05) is 6.42 Å². The second-order valence-corrected chi connectivity index (χ2v) is 7.23. The monoisotopic (exact) mass is 419 g/mol. The highest BCUT2D eigenvalue weighted by molar-refractivity contribution is 6.42. The van der Waals surface area contributed by atoms with Crippen LogP contribution in [-0.4, -0.2) is 30.1 Å². The molecule has 148 valence electrons. The Bertz CT molecular complexity index is 824. The molecule has 1 atom stereocenters. The summed E-state index contributed by atoms with van der Waals surface area (Å²) in [6.45, 7) is 6.35. The van der Waals surface area contributed by atoms with Crippen LogP contribution >= 0.6 is 23.2 Å². The number of imide groups is 1. The minimum atomic E-state index is -0.577. The predicted molar refractivity (Wildman–Crippen MR) is 113 cm³/mol. The first-order valence-corrected chi connectivity index (χ1v) is 9.72. The number of ether oxygens (including phenoxy) is 1. The molecule has 0 saturated carbocycles. The van der Waals surface area contributed by atoms with Gasteiger partial charge in [0.15, 0.2) is 0 Å². The molecule has 6 heteroatoms. The van der Waals surface area contributed by atoms with Gasteiger partial charge in [-0.15, -0.1) is 6.58 Å². The fourth-order valence-electron chi connectivity index (χ4n) is 2.78. The Balaban J connectivity index is 0.000000336. The number of carbonyl (C=O) groups is 2. The molecule has 0 radical (unpaired) electrons. The maximum absolute atomic E-state index is 12.2. The highest BCUT2D eigenvalue weighted by atomic mass is 35.5. The summed E-state index contributed by atoms with van der Waals surface area (Å²) in [6.07, 6.45) is 1.96. The number of aryl methyl sites for hydroxylation is 1. The first-order valence-electron chi connectivity index (χ1n) is 8.97. The number of hydrogen-bond acceptors (Lipinski definition) is 3. The molecule has 2 amide bonds. The molecule has 0 N–H and O–H groups in total. The topological polar surface area (TPSA) is 46.6 Å². The van der Waals surface area contributed by atoms with E-state index >= 15 is 0 Å². The van der Waals surface area contributed by atoms with Crippen molar-refractivity contribution in [3.8, 4) is 0 Å². The molecule has 1 fully saturated rings. The van der Waals surface area contributed by atoms with E-state index < -0.39 is 6.09 Å².